The number of hydrogen-bond acceptors (Lipinski definition) is 6. The van der Waals surface area contributed by atoms with Gasteiger partial charge in [0.1, 0.15) is 24.3 Å². The largest absolute Gasteiger partial charge is 0.465 e. The van der Waals surface area contributed by atoms with Crippen molar-refractivity contribution in [1.82, 2.24) is 9.88 Å². The van der Waals surface area contributed by atoms with Crippen LogP contribution in [0.3, 0.4) is 0 Å². The molecule has 2 amide bonds. The number of nitrogens with one attached hydrogen (secondary N) is 1. The van der Waals surface area contributed by atoms with Crippen molar-refractivity contribution in [2.75, 3.05) is 18.1 Å². The summed E-state index contributed by atoms with van der Waals surface area (Å²) in [5.74, 6) is -2.31. The van der Waals surface area contributed by atoms with E-state index in [4.69, 9.17) is 4.18 Å². The highest BCUT2D eigenvalue weighted by Gasteiger charge is 2.37. The molecule has 1 unspecified atom stereocenters. The number of carbonyl (C=O) groups is 2. The molecule has 3 rings (SSSR count). The van der Waals surface area contributed by atoms with Crippen LogP contribution in [0, 0.1) is 11.6 Å². The molecule has 35 heavy (non-hydrogen) atoms. The van der Waals surface area contributed by atoms with Crippen molar-refractivity contribution in [3.8, 4) is 0 Å². The van der Waals surface area contributed by atoms with Gasteiger partial charge >= 0.3 is 6.09 Å². The number of nitrogens with zero attached hydrogens (tertiary/aromatic N) is 2. The van der Waals surface area contributed by atoms with Crippen molar-refractivity contribution < 1.29 is 36.1 Å². The minimum atomic E-state index is -3.69. The zero-order valence-electron chi connectivity index (χ0n) is 19.8. The summed E-state index contributed by atoms with van der Waals surface area (Å²) < 4.78 is 56.8. The lowest BCUT2D eigenvalue weighted by Crippen LogP contribution is -2.46. The molecule has 9 nitrogen and oxygen atoms in total. The van der Waals surface area contributed by atoms with E-state index in [1.807, 2.05) is 20.0 Å². The van der Waals surface area contributed by atoms with Gasteiger partial charge in [-0.2, -0.15) is 8.42 Å². The number of benzene rings is 1. The van der Waals surface area contributed by atoms with Crippen LogP contribution < -0.4 is 10.5 Å². The third-order valence-electron chi connectivity index (χ3n) is 6.05. The van der Waals surface area contributed by atoms with Gasteiger partial charge < -0.3 is 10.4 Å². The van der Waals surface area contributed by atoms with Crippen LogP contribution >= 0.6 is 0 Å². The predicted octanol–water partition coefficient (Wildman–Crippen LogP) is 2.99. The van der Waals surface area contributed by atoms with E-state index < -0.39 is 47.9 Å². The third-order valence-corrected chi connectivity index (χ3v) is 10.2. The Hall–Kier alpha value is -2.90. The first-order valence-corrected chi connectivity index (χ1v) is 15.9. The second kappa shape index (κ2) is 9.99. The molecule has 0 aliphatic carbocycles. The fourth-order valence-electron chi connectivity index (χ4n) is 3.95. The number of fused-ring (bicyclic) bond motifs is 1. The van der Waals surface area contributed by atoms with Gasteiger partial charge in [-0.1, -0.05) is 32.1 Å². The predicted molar refractivity (Wildman–Crippen MR) is 128 cm³/mol. The standard InChI is InChI=1S/C22H27F2N3O6SSi/c1-5-35(3,4)20-16(23)10-14(11-17(20)24)26-21(28)19-15-7-6-13(12-33-34(2,31)32)25-18(15)8-9-27(19)22(29)30/h6-7,10-11,19H,5,8-9,12H2,1-4H3,(H,26,28)(H,29,30). The molecule has 0 saturated heterocycles. The Morgan fingerprint density at radius 1 is 1.26 bits per heavy atom. The fourth-order valence-corrected chi connectivity index (χ4v) is 6.07. The molecule has 13 heteroatoms. The molecule has 1 atom stereocenters. The molecular formula is C22H27F2N3O6SSi. The molecule has 0 bridgehead atoms. The lowest BCUT2D eigenvalue weighted by molar-refractivity contribution is -0.121. The Morgan fingerprint density at radius 2 is 1.89 bits per heavy atom. The Labute approximate surface area is 203 Å². The van der Waals surface area contributed by atoms with Crippen molar-refractivity contribution in [3.05, 3.63) is 52.9 Å². The Bertz CT molecular complexity index is 1250. The number of rotatable bonds is 7. The van der Waals surface area contributed by atoms with Crippen LogP contribution in [0.4, 0.5) is 19.3 Å². The summed E-state index contributed by atoms with van der Waals surface area (Å²) in [5.41, 5.74) is 0.856. The van der Waals surface area contributed by atoms with E-state index in [1.165, 1.54) is 12.1 Å². The third kappa shape index (κ3) is 6.03. The zero-order valence-corrected chi connectivity index (χ0v) is 21.6. The number of halogens is 2. The summed E-state index contributed by atoms with van der Waals surface area (Å²) in [7, 11) is -6.03. The molecule has 2 aromatic rings. The van der Waals surface area contributed by atoms with Gasteiger partial charge in [-0.25, -0.2) is 13.6 Å². The zero-order chi connectivity index (χ0) is 26.1. The van der Waals surface area contributed by atoms with Crippen molar-refractivity contribution >= 4 is 41.1 Å². The number of anilines is 1. The summed E-state index contributed by atoms with van der Waals surface area (Å²) >= 11 is 0. The lowest BCUT2D eigenvalue weighted by Gasteiger charge is -2.34. The molecule has 2 N–H and O–H groups in total. The highest BCUT2D eigenvalue weighted by molar-refractivity contribution is 7.85. The quantitative estimate of drug-likeness (QED) is 0.419. The first kappa shape index (κ1) is 26.7. The highest BCUT2D eigenvalue weighted by atomic mass is 32.2. The van der Waals surface area contributed by atoms with Crippen LogP contribution in [0.15, 0.2) is 24.3 Å². The summed E-state index contributed by atoms with van der Waals surface area (Å²) in [6.07, 6.45) is -0.254. The summed E-state index contributed by atoms with van der Waals surface area (Å²) in [5, 5.41) is 12.1. The van der Waals surface area contributed by atoms with Crippen molar-refractivity contribution in [1.29, 1.82) is 0 Å². The minimum Gasteiger partial charge on any atom is -0.465 e. The van der Waals surface area contributed by atoms with Gasteiger partial charge in [0.15, 0.2) is 0 Å². The van der Waals surface area contributed by atoms with Crippen molar-refractivity contribution in [3.63, 3.8) is 0 Å². The summed E-state index contributed by atoms with van der Waals surface area (Å²) in [6.45, 7) is 5.20. The molecule has 1 aliphatic heterocycles. The molecule has 1 aromatic heterocycles. The Morgan fingerprint density at radius 3 is 2.43 bits per heavy atom. The SMILES string of the molecule is CC[Si](C)(C)c1c(F)cc(NC(=O)C2c3ccc(COS(C)(=O)=O)nc3CCN2C(=O)O)cc1F. The molecular weight excluding hydrogens is 500 g/mol. The number of carbonyl (C=O) groups excluding carboxylic acids is 1. The van der Waals surface area contributed by atoms with Crippen LogP contribution in [0.25, 0.3) is 0 Å². The van der Waals surface area contributed by atoms with Crippen LogP contribution in [0.2, 0.25) is 19.1 Å². The molecule has 2 heterocycles. The van der Waals surface area contributed by atoms with Gasteiger partial charge in [0.25, 0.3) is 16.0 Å². The van der Waals surface area contributed by atoms with Gasteiger partial charge in [-0.3, -0.25) is 18.9 Å². The molecule has 1 aromatic carbocycles. The maximum absolute atomic E-state index is 14.8. The van der Waals surface area contributed by atoms with Crippen molar-refractivity contribution in [2.45, 2.75) is 45.1 Å². The van der Waals surface area contributed by atoms with Gasteiger partial charge in [-0.15, -0.1) is 0 Å². The van der Waals surface area contributed by atoms with E-state index in [1.54, 1.807) is 0 Å². The molecule has 0 saturated carbocycles. The maximum Gasteiger partial charge on any atom is 0.408 e. The first-order valence-electron chi connectivity index (χ1n) is 10.9. The first-order chi connectivity index (χ1) is 16.2. The summed E-state index contributed by atoms with van der Waals surface area (Å²) in [6, 6.07) is 4.30. The van der Waals surface area contributed by atoms with Gasteiger partial charge in [-0.05, 0) is 18.2 Å². The topological polar surface area (TPSA) is 126 Å². The van der Waals surface area contributed by atoms with E-state index >= 15 is 0 Å². The minimum absolute atomic E-state index is 0.0428. The van der Waals surface area contributed by atoms with Crippen LogP contribution in [-0.2, 0) is 32.1 Å². The smallest absolute Gasteiger partial charge is 0.408 e. The molecule has 1 aliphatic rings. The number of carboxylic acid groups (broad SMARTS) is 1. The Balaban J connectivity index is 1.92. The number of amides is 2. The molecule has 0 fully saturated rings. The average molecular weight is 528 g/mol. The van der Waals surface area contributed by atoms with E-state index in [-0.39, 0.29) is 36.0 Å². The van der Waals surface area contributed by atoms with Crippen LogP contribution in [0.5, 0.6) is 0 Å². The van der Waals surface area contributed by atoms with Gasteiger partial charge in [0.05, 0.1) is 20.0 Å². The second-order valence-corrected chi connectivity index (χ2v) is 15.6. The van der Waals surface area contributed by atoms with Gasteiger partial charge in [0.2, 0.25) is 0 Å². The fraction of sp³-hybridized carbons (Fsp3) is 0.409. The lowest BCUT2D eigenvalue weighted by atomic mass is 9.96. The van der Waals surface area contributed by atoms with E-state index in [2.05, 4.69) is 10.3 Å². The second-order valence-electron chi connectivity index (χ2n) is 8.97. The average Bonchev–Trinajstić information content (AvgIpc) is 2.75. The summed E-state index contributed by atoms with van der Waals surface area (Å²) in [4.78, 5) is 30.2. The Kier molecular flexibility index (Phi) is 7.62. The van der Waals surface area contributed by atoms with Crippen molar-refractivity contribution in [2.24, 2.45) is 0 Å². The molecule has 0 spiro atoms. The molecule has 0 radical (unpaired) electrons. The number of pyridine rings is 1. The van der Waals surface area contributed by atoms with Crippen LogP contribution in [-0.4, -0.2) is 56.3 Å². The van der Waals surface area contributed by atoms with E-state index in [9.17, 15) is 31.9 Å². The van der Waals surface area contributed by atoms with Gasteiger partial charge in [0, 0.05) is 35.1 Å². The highest BCUT2D eigenvalue weighted by Crippen LogP contribution is 2.31. The van der Waals surface area contributed by atoms with E-state index in [0.717, 1.165) is 23.3 Å². The molecule has 190 valence electrons. The monoisotopic (exact) mass is 527 g/mol. The van der Waals surface area contributed by atoms with E-state index in [0.29, 0.717) is 17.4 Å². The number of aromatic nitrogens is 1. The normalized spacial score (nSPS) is 16.1. The van der Waals surface area contributed by atoms with Crippen LogP contribution in [0.1, 0.15) is 29.9 Å². The maximum atomic E-state index is 14.8. The number of hydrogen-bond donors (Lipinski definition) is 2.